The zero-order valence-electron chi connectivity index (χ0n) is 11.1. The number of nitrogens with one attached hydrogen (secondary N) is 2. The van der Waals surface area contributed by atoms with E-state index in [2.05, 4.69) is 15.4 Å². The summed E-state index contributed by atoms with van der Waals surface area (Å²) in [5.41, 5.74) is 0. The van der Waals surface area contributed by atoms with Crippen LogP contribution in [0.25, 0.3) is 0 Å². The van der Waals surface area contributed by atoms with Gasteiger partial charge in [0.1, 0.15) is 6.04 Å². The van der Waals surface area contributed by atoms with Crippen molar-refractivity contribution in [3.8, 4) is 0 Å². The van der Waals surface area contributed by atoms with Gasteiger partial charge in [-0.15, -0.1) is 0 Å². The normalized spacial score (nSPS) is 11.5. The number of rotatable bonds is 9. The number of amides is 2. The minimum atomic E-state index is -1.18. The molecule has 0 saturated heterocycles. The number of carboxylic acids is 1. The van der Waals surface area contributed by atoms with E-state index in [1.807, 2.05) is 6.26 Å². The highest BCUT2D eigenvalue weighted by atomic mass is 32.2. The molecular formula is C11H20N2O5S. The minimum absolute atomic E-state index is 0.000237. The number of urea groups is 1. The van der Waals surface area contributed by atoms with Crippen LogP contribution in [0.1, 0.15) is 19.3 Å². The van der Waals surface area contributed by atoms with Gasteiger partial charge in [-0.05, 0) is 24.9 Å². The Bertz CT molecular complexity index is 311. The molecule has 0 fully saturated rings. The van der Waals surface area contributed by atoms with Gasteiger partial charge in [0.05, 0.1) is 7.11 Å². The molecule has 0 saturated carbocycles. The van der Waals surface area contributed by atoms with Gasteiger partial charge in [0.2, 0.25) is 0 Å². The molecule has 8 heteroatoms. The average Bonchev–Trinajstić information content (AvgIpc) is 2.38. The van der Waals surface area contributed by atoms with Crippen LogP contribution in [0.3, 0.4) is 0 Å². The Hall–Kier alpha value is -1.44. The van der Waals surface area contributed by atoms with E-state index < -0.39 is 24.0 Å². The molecule has 0 aromatic rings. The summed E-state index contributed by atoms with van der Waals surface area (Å²) in [6.07, 6.45) is 2.72. The van der Waals surface area contributed by atoms with Crippen LogP contribution in [0.15, 0.2) is 0 Å². The smallest absolute Gasteiger partial charge is 0.326 e. The fourth-order valence-electron chi connectivity index (χ4n) is 1.25. The van der Waals surface area contributed by atoms with E-state index in [1.165, 1.54) is 7.11 Å². The van der Waals surface area contributed by atoms with E-state index in [0.717, 1.165) is 12.2 Å². The van der Waals surface area contributed by atoms with Crippen LogP contribution in [-0.4, -0.2) is 54.8 Å². The number of hydrogen-bond acceptors (Lipinski definition) is 5. The molecule has 0 aliphatic rings. The largest absolute Gasteiger partial charge is 0.480 e. The summed E-state index contributed by atoms with van der Waals surface area (Å²) in [5.74, 6) is -0.762. The molecule has 0 radical (unpaired) electrons. The van der Waals surface area contributed by atoms with Crippen molar-refractivity contribution in [2.75, 3.05) is 25.7 Å². The first-order valence-electron chi connectivity index (χ1n) is 5.84. The summed E-state index contributed by atoms with van der Waals surface area (Å²) in [6, 6.07) is -1.64. The monoisotopic (exact) mass is 292 g/mol. The van der Waals surface area contributed by atoms with Crippen molar-refractivity contribution >= 4 is 29.7 Å². The van der Waals surface area contributed by atoms with Gasteiger partial charge in [0.25, 0.3) is 0 Å². The number of aliphatic carboxylic acids is 1. The fourth-order valence-corrected chi connectivity index (χ4v) is 1.68. The van der Waals surface area contributed by atoms with Gasteiger partial charge in [-0.2, -0.15) is 11.8 Å². The van der Waals surface area contributed by atoms with Crippen molar-refractivity contribution in [3.63, 3.8) is 0 Å². The second-order valence-electron chi connectivity index (χ2n) is 3.75. The molecule has 0 bridgehead atoms. The first kappa shape index (κ1) is 17.6. The summed E-state index contributed by atoms with van der Waals surface area (Å²) in [7, 11) is 1.23. The Balaban J connectivity index is 4.01. The Morgan fingerprint density at radius 3 is 2.58 bits per heavy atom. The van der Waals surface area contributed by atoms with Gasteiger partial charge in [0.15, 0.2) is 0 Å². The topological polar surface area (TPSA) is 105 Å². The predicted octanol–water partition coefficient (Wildman–Crippen LogP) is 0.445. The molecule has 110 valence electrons. The van der Waals surface area contributed by atoms with Gasteiger partial charge >= 0.3 is 18.0 Å². The number of carboxylic acid groups (broad SMARTS) is 1. The van der Waals surface area contributed by atoms with Gasteiger partial charge in [-0.25, -0.2) is 9.59 Å². The van der Waals surface area contributed by atoms with E-state index in [4.69, 9.17) is 5.11 Å². The lowest BCUT2D eigenvalue weighted by molar-refractivity contribution is -0.142. The van der Waals surface area contributed by atoms with Crippen molar-refractivity contribution in [2.24, 2.45) is 0 Å². The fraction of sp³-hybridized carbons (Fsp3) is 0.727. The van der Waals surface area contributed by atoms with E-state index in [1.54, 1.807) is 11.8 Å². The van der Waals surface area contributed by atoms with Crippen molar-refractivity contribution < 1.29 is 24.2 Å². The second-order valence-corrected chi connectivity index (χ2v) is 4.74. The molecule has 3 N–H and O–H groups in total. The zero-order valence-corrected chi connectivity index (χ0v) is 11.9. The molecule has 0 aromatic heterocycles. The summed E-state index contributed by atoms with van der Waals surface area (Å²) in [5, 5.41) is 13.8. The number of thioether (sulfide) groups is 1. The molecule has 0 aliphatic heterocycles. The Labute approximate surface area is 116 Å². The highest BCUT2D eigenvalue weighted by Crippen LogP contribution is 1.99. The molecular weight excluding hydrogens is 272 g/mol. The summed E-state index contributed by atoms with van der Waals surface area (Å²) < 4.78 is 4.41. The van der Waals surface area contributed by atoms with E-state index in [-0.39, 0.29) is 12.8 Å². The first-order chi connectivity index (χ1) is 9.01. The van der Waals surface area contributed by atoms with Gasteiger partial charge in [-0.1, -0.05) is 0 Å². The SMILES string of the molecule is COC(=O)CC[C@H](NC(=O)NCCCSC)C(=O)O. The number of methoxy groups -OCH3 is 1. The van der Waals surface area contributed by atoms with Crippen LogP contribution in [0, 0.1) is 0 Å². The maximum Gasteiger partial charge on any atom is 0.326 e. The summed E-state index contributed by atoms with van der Waals surface area (Å²) in [4.78, 5) is 33.3. The summed E-state index contributed by atoms with van der Waals surface area (Å²) >= 11 is 1.67. The van der Waals surface area contributed by atoms with Crippen molar-refractivity contribution in [3.05, 3.63) is 0 Å². The lowest BCUT2D eigenvalue weighted by atomic mass is 10.1. The van der Waals surface area contributed by atoms with Crippen LogP contribution in [-0.2, 0) is 14.3 Å². The number of esters is 1. The number of carbonyl (C=O) groups is 3. The number of carbonyl (C=O) groups excluding carboxylic acids is 2. The third kappa shape index (κ3) is 9.18. The molecule has 2 amide bonds. The first-order valence-corrected chi connectivity index (χ1v) is 7.23. The van der Waals surface area contributed by atoms with Crippen molar-refractivity contribution in [2.45, 2.75) is 25.3 Å². The van der Waals surface area contributed by atoms with Crippen LogP contribution < -0.4 is 10.6 Å². The van der Waals surface area contributed by atoms with Gasteiger partial charge in [0, 0.05) is 13.0 Å². The standard InChI is InChI=1S/C11H20N2O5S/c1-18-9(14)5-4-8(10(15)16)13-11(17)12-6-3-7-19-2/h8H,3-7H2,1-2H3,(H,15,16)(H2,12,13,17)/t8-/m0/s1. The molecule has 0 spiro atoms. The third-order valence-corrected chi connectivity index (χ3v) is 2.98. The molecule has 0 rings (SSSR count). The Morgan fingerprint density at radius 1 is 1.37 bits per heavy atom. The molecule has 19 heavy (non-hydrogen) atoms. The highest BCUT2D eigenvalue weighted by Gasteiger charge is 2.20. The maximum absolute atomic E-state index is 11.4. The summed E-state index contributed by atoms with van der Waals surface area (Å²) in [6.45, 7) is 0.482. The highest BCUT2D eigenvalue weighted by molar-refractivity contribution is 7.98. The molecule has 7 nitrogen and oxygen atoms in total. The molecule has 0 heterocycles. The van der Waals surface area contributed by atoms with Crippen LogP contribution in [0.5, 0.6) is 0 Å². The average molecular weight is 292 g/mol. The molecule has 0 unspecified atom stereocenters. The minimum Gasteiger partial charge on any atom is -0.480 e. The number of ether oxygens (including phenoxy) is 1. The Morgan fingerprint density at radius 2 is 2.05 bits per heavy atom. The Kier molecular flexibility index (Phi) is 9.69. The molecule has 1 atom stereocenters. The predicted molar refractivity (Wildman–Crippen MR) is 72.2 cm³/mol. The van der Waals surface area contributed by atoms with Crippen molar-refractivity contribution in [1.29, 1.82) is 0 Å². The molecule has 0 aromatic carbocycles. The van der Waals surface area contributed by atoms with Crippen molar-refractivity contribution in [1.82, 2.24) is 10.6 Å². The van der Waals surface area contributed by atoms with Gasteiger partial charge < -0.3 is 20.5 Å². The molecule has 0 aliphatic carbocycles. The van der Waals surface area contributed by atoms with E-state index in [0.29, 0.717) is 6.54 Å². The van der Waals surface area contributed by atoms with Gasteiger partial charge in [-0.3, -0.25) is 4.79 Å². The van der Waals surface area contributed by atoms with Crippen LogP contribution in [0.4, 0.5) is 4.79 Å². The van der Waals surface area contributed by atoms with Crippen LogP contribution >= 0.6 is 11.8 Å². The van der Waals surface area contributed by atoms with E-state index >= 15 is 0 Å². The van der Waals surface area contributed by atoms with E-state index in [9.17, 15) is 14.4 Å². The zero-order chi connectivity index (χ0) is 14.7. The lowest BCUT2D eigenvalue weighted by Gasteiger charge is -2.14. The third-order valence-electron chi connectivity index (χ3n) is 2.28. The maximum atomic E-state index is 11.4. The quantitative estimate of drug-likeness (QED) is 0.421. The second kappa shape index (κ2) is 10.5. The lowest BCUT2D eigenvalue weighted by Crippen LogP contribution is -2.46. The van der Waals surface area contributed by atoms with Crippen LogP contribution in [0.2, 0.25) is 0 Å². The number of hydrogen-bond donors (Lipinski definition) is 3.